The third kappa shape index (κ3) is 4.14. The van der Waals surface area contributed by atoms with E-state index in [0.29, 0.717) is 25.2 Å². The minimum absolute atomic E-state index is 0.00853. The first-order chi connectivity index (χ1) is 14.1. The second-order valence-corrected chi connectivity index (χ2v) is 7.67. The van der Waals surface area contributed by atoms with Gasteiger partial charge in [-0.15, -0.1) is 0 Å². The molecule has 5 nitrogen and oxygen atoms in total. The van der Waals surface area contributed by atoms with E-state index in [9.17, 15) is 9.59 Å². The molecule has 2 heterocycles. The maximum atomic E-state index is 13.2. The average molecular weight is 387 g/mol. The Kier molecular flexibility index (Phi) is 5.56. The van der Waals surface area contributed by atoms with Crippen molar-refractivity contribution in [3.8, 4) is 0 Å². The van der Waals surface area contributed by atoms with Crippen molar-refractivity contribution in [2.75, 3.05) is 20.1 Å². The predicted molar refractivity (Wildman–Crippen MR) is 113 cm³/mol. The minimum Gasteiger partial charge on any atom is -0.341 e. The lowest BCUT2D eigenvalue weighted by atomic mass is 9.95. The number of carbonyl (C=O) groups excluding carboxylic acids is 2. The van der Waals surface area contributed by atoms with E-state index in [2.05, 4.69) is 4.98 Å². The molecule has 3 aromatic rings. The number of nitrogens with zero attached hydrogens (tertiary/aromatic N) is 3. The summed E-state index contributed by atoms with van der Waals surface area (Å²) in [7, 11) is 1.82. The number of piperidine rings is 1. The second-order valence-electron chi connectivity index (χ2n) is 7.67. The van der Waals surface area contributed by atoms with Gasteiger partial charge in [0.25, 0.3) is 5.91 Å². The fourth-order valence-electron chi connectivity index (χ4n) is 4.10. The molecular formula is C24H25N3O2. The Morgan fingerprint density at radius 3 is 2.76 bits per heavy atom. The lowest BCUT2D eigenvalue weighted by Crippen LogP contribution is -2.45. The van der Waals surface area contributed by atoms with Gasteiger partial charge in [0, 0.05) is 44.6 Å². The topological polar surface area (TPSA) is 53.5 Å². The number of fused-ring (bicyclic) bond motifs is 1. The SMILES string of the molecule is CN(Cc1cccnc1)C(=O)C1CCCN(C(=O)c2cccc3ccccc23)C1. The first-order valence-electron chi connectivity index (χ1n) is 10.0. The Bertz CT molecular complexity index is 1010. The summed E-state index contributed by atoms with van der Waals surface area (Å²) in [6.45, 7) is 1.69. The first-order valence-corrected chi connectivity index (χ1v) is 10.0. The van der Waals surface area contributed by atoms with Crippen LogP contribution in [0.4, 0.5) is 0 Å². The number of likely N-dealkylation sites (tertiary alicyclic amines) is 1. The molecule has 1 atom stereocenters. The predicted octanol–water partition coefficient (Wildman–Crippen LogP) is 3.75. The highest BCUT2D eigenvalue weighted by molar-refractivity contribution is 6.07. The molecule has 1 fully saturated rings. The number of hydrogen-bond acceptors (Lipinski definition) is 3. The molecule has 1 unspecified atom stereocenters. The van der Waals surface area contributed by atoms with Crippen molar-refractivity contribution >= 4 is 22.6 Å². The number of amides is 2. The number of pyridine rings is 1. The second kappa shape index (κ2) is 8.43. The largest absolute Gasteiger partial charge is 0.341 e. The van der Waals surface area contributed by atoms with Crippen molar-refractivity contribution in [2.24, 2.45) is 5.92 Å². The van der Waals surface area contributed by atoms with Crippen LogP contribution in [0.15, 0.2) is 67.0 Å². The Morgan fingerprint density at radius 2 is 1.93 bits per heavy atom. The van der Waals surface area contributed by atoms with Crippen LogP contribution in [0.1, 0.15) is 28.8 Å². The van der Waals surface area contributed by atoms with Gasteiger partial charge in [-0.1, -0.05) is 42.5 Å². The van der Waals surface area contributed by atoms with Crippen LogP contribution in [-0.4, -0.2) is 46.7 Å². The summed E-state index contributed by atoms with van der Waals surface area (Å²) < 4.78 is 0. The molecule has 5 heteroatoms. The van der Waals surface area contributed by atoms with Crippen molar-refractivity contribution in [3.05, 3.63) is 78.1 Å². The molecule has 1 aliphatic rings. The molecule has 4 rings (SSSR count). The van der Waals surface area contributed by atoms with E-state index < -0.39 is 0 Å². The van der Waals surface area contributed by atoms with Gasteiger partial charge < -0.3 is 9.80 Å². The lowest BCUT2D eigenvalue weighted by Gasteiger charge is -2.34. The fourth-order valence-corrected chi connectivity index (χ4v) is 4.10. The van der Waals surface area contributed by atoms with Gasteiger partial charge in [-0.25, -0.2) is 0 Å². The summed E-state index contributed by atoms with van der Waals surface area (Å²) in [5, 5.41) is 2.02. The summed E-state index contributed by atoms with van der Waals surface area (Å²) >= 11 is 0. The van der Waals surface area contributed by atoms with Gasteiger partial charge in [-0.3, -0.25) is 14.6 Å². The summed E-state index contributed by atoms with van der Waals surface area (Å²) in [6.07, 6.45) is 5.16. The van der Waals surface area contributed by atoms with Crippen LogP contribution in [-0.2, 0) is 11.3 Å². The van der Waals surface area contributed by atoms with Crippen LogP contribution in [0.3, 0.4) is 0 Å². The number of hydrogen-bond donors (Lipinski definition) is 0. The molecular weight excluding hydrogens is 362 g/mol. The highest BCUT2D eigenvalue weighted by Crippen LogP contribution is 2.24. The molecule has 2 amide bonds. The van der Waals surface area contributed by atoms with Gasteiger partial charge in [0.2, 0.25) is 5.91 Å². The fraction of sp³-hybridized carbons (Fsp3) is 0.292. The molecule has 0 spiro atoms. The minimum atomic E-state index is -0.163. The van der Waals surface area contributed by atoms with Crippen LogP contribution in [0.25, 0.3) is 10.8 Å². The zero-order valence-corrected chi connectivity index (χ0v) is 16.6. The smallest absolute Gasteiger partial charge is 0.254 e. The zero-order valence-electron chi connectivity index (χ0n) is 16.6. The molecule has 0 bridgehead atoms. The summed E-state index contributed by atoms with van der Waals surface area (Å²) in [5.41, 5.74) is 1.71. The Morgan fingerprint density at radius 1 is 1.10 bits per heavy atom. The van der Waals surface area contributed by atoms with E-state index in [-0.39, 0.29) is 17.7 Å². The highest BCUT2D eigenvalue weighted by atomic mass is 16.2. The number of aromatic nitrogens is 1. The molecule has 1 saturated heterocycles. The van der Waals surface area contributed by atoms with Gasteiger partial charge in [0.15, 0.2) is 0 Å². The molecule has 148 valence electrons. The van der Waals surface area contributed by atoms with E-state index >= 15 is 0 Å². The standard InChI is InChI=1S/C24H25N3O2/c1-26(16-18-7-5-13-25-15-18)23(28)20-10-6-14-27(17-20)24(29)22-12-4-9-19-8-2-3-11-21(19)22/h2-5,7-9,11-13,15,20H,6,10,14,16-17H2,1H3. The maximum Gasteiger partial charge on any atom is 0.254 e. The van der Waals surface area contributed by atoms with Crippen molar-refractivity contribution in [1.29, 1.82) is 0 Å². The Labute approximate surface area is 171 Å². The van der Waals surface area contributed by atoms with Crippen molar-refractivity contribution in [2.45, 2.75) is 19.4 Å². The third-order valence-corrected chi connectivity index (χ3v) is 5.60. The van der Waals surface area contributed by atoms with Crippen LogP contribution in [0.5, 0.6) is 0 Å². The number of benzene rings is 2. The van der Waals surface area contributed by atoms with Gasteiger partial charge in [-0.05, 0) is 41.3 Å². The number of carbonyl (C=O) groups is 2. The van der Waals surface area contributed by atoms with Crippen molar-refractivity contribution < 1.29 is 9.59 Å². The van der Waals surface area contributed by atoms with Gasteiger partial charge in [-0.2, -0.15) is 0 Å². The zero-order chi connectivity index (χ0) is 20.2. The summed E-state index contributed by atoms with van der Waals surface area (Å²) in [6, 6.07) is 17.6. The highest BCUT2D eigenvalue weighted by Gasteiger charge is 2.31. The summed E-state index contributed by atoms with van der Waals surface area (Å²) in [5.74, 6) is -0.0668. The Hall–Kier alpha value is -3.21. The van der Waals surface area contributed by atoms with Crippen LogP contribution >= 0.6 is 0 Å². The van der Waals surface area contributed by atoms with Crippen molar-refractivity contribution in [3.63, 3.8) is 0 Å². The molecule has 0 saturated carbocycles. The van der Waals surface area contributed by atoms with Crippen LogP contribution in [0.2, 0.25) is 0 Å². The molecule has 0 radical (unpaired) electrons. The van der Waals surface area contributed by atoms with E-state index in [0.717, 1.165) is 29.2 Å². The molecule has 29 heavy (non-hydrogen) atoms. The van der Waals surface area contributed by atoms with E-state index in [4.69, 9.17) is 0 Å². The molecule has 1 aliphatic heterocycles. The molecule has 0 aliphatic carbocycles. The van der Waals surface area contributed by atoms with Gasteiger partial charge >= 0.3 is 0 Å². The van der Waals surface area contributed by atoms with Gasteiger partial charge in [0.1, 0.15) is 0 Å². The number of rotatable bonds is 4. The Balaban J connectivity index is 1.47. The van der Waals surface area contributed by atoms with E-state index in [1.54, 1.807) is 17.3 Å². The van der Waals surface area contributed by atoms with E-state index in [1.165, 1.54) is 0 Å². The average Bonchev–Trinajstić information content (AvgIpc) is 2.78. The quantitative estimate of drug-likeness (QED) is 0.685. The first kappa shape index (κ1) is 19.1. The van der Waals surface area contributed by atoms with Crippen LogP contribution < -0.4 is 0 Å². The van der Waals surface area contributed by atoms with Crippen molar-refractivity contribution in [1.82, 2.24) is 14.8 Å². The maximum absolute atomic E-state index is 13.2. The molecule has 2 aromatic carbocycles. The molecule has 1 aromatic heterocycles. The monoisotopic (exact) mass is 387 g/mol. The van der Waals surface area contributed by atoms with E-state index in [1.807, 2.05) is 66.5 Å². The third-order valence-electron chi connectivity index (χ3n) is 5.60. The normalized spacial score (nSPS) is 16.6. The summed E-state index contributed by atoms with van der Waals surface area (Å²) in [4.78, 5) is 33.9. The molecule has 0 N–H and O–H groups in total. The lowest BCUT2D eigenvalue weighted by molar-refractivity contribution is -0.136. The van der Waals surface area contributed by atoms with Crippen LogP contribution in [0, 0.1) is 5.92 Å². The van der Waals surface area contributed by atoms with Gasteiger partial charge in [0.05, 0.1) is 5.92 Å².